The maximum absolute atomic E-state index is 13.2. The van der Waals surface area contributed by atoms with Gasteiger partial charge in [0.2, 0.25) is 0 Å². The molecule has 0 bridgehead atoms. The molecular formula is C14H12F2N2S2. The van der Waals surface area contributed by atoms with Crippen LogP contribution in [0.2, 0.25) is 0 Å². The van der Waals surface area contributed by atoms with Gasteiger partial charge in [0.05, 0.1) is 6.04 Å². The molecule has 1 atom stereocenters. The minimum atomic E-state index is -0.567. The highest BCUT2D eigenvalue weighted by atomic mass is 32.1. The monoisotopic (exact) mass is 310 g/mol. The van der Waals surface area contributed by atoms with E-state index >= 15 is 0 Å². The summed E-state index contributed by atoms with van der Waals surface area (Å²) in [6.07, 6.45) is 0.443. The average molecular weight is 310 g/mol. The van der Waals surface area contributed by atoms with Crippen LogP contribution in [0.3, 0.4) is 0 Å². The van der Waals surface area contributed by atoms with Gasteiger partial charge in [0.25, 0.3) is 0 Å². The van der Waals surface area contributed by atoms with Gasteiger partial charge < -0.3 is 0 Å². The fourth-order valence-corrected chi connectivity index (χ4v) is 4.34. The van der Waals surface area contributed by atoms with Gasteiger partial charge in [-0.2, -0.15) is 0 Å². The lowest BCUT2D eigenvalue weighted by Gasteiger charge is -2.14. The molecular weight excluding hydrogens is 298 g/mol. The third-order valence-electron chi connectivity index (χ3n) is 3.07. The summed E-state index contributed by atoms with van der Waals surface area (Å²) in [6.45, 7) is 0. The molecule has 3 aromatic rings. The first-order valence-corrected chi connectivity index (χ1v) is 7.73. The van der Waals surface area contributed by atoms with Crippen molar-refractivity contribution in [3.05, 3.63) is 57.8 Å². The molecule has 0 spiro atoms. The Balaban J connectivity index is 1.88. The van der Waals surface area contributed by atoms with Crippen molar-refractivity contribution in [2.75, 3.05) is 0 Å². The Kier molecular flexibility index (Phi) is 3.80. The van der Waals surface area contributed by atoms with Gasteiger partial charge in [0, 0.05) is 20.3 Å². The predicted molar refractivity (Wildman–Crippen MR) is 79.8 cm³/mol. The summed E-state index contributed by atoms with van der Waals surface area (Å²) in [6, 6.07) is 7.53. The molecule has 0 saturated heterocycles. The average Bonchev–Trinajstić information content (AvgIpc) is 2.95. The molecule has 0 radical (unpaired) electrons. The first-order valence-electron chi connectivity index (χ1n) is 6.04. The summed E-state index contributed by atoms with van der Waals surface area (Å²) < 4.78 is 28.8. The van der Waals surface area contributed by atoms with Crippen molar-refractivity contribution < 1.29 is 8.78 Å². The lowest BCUT2D eigenvalue weighted by Crippen LogP contribution is -2.29. The van der Waals surface area contributed by atoms with Crippen molar-refractivity contribution in [3.8, 4) is 0 Å². The highest BCUT2D eigenvalue weighted by Gasteiger charge is 2.15. The zero-order chi connectivity index (χ0) is 14.1. The van der Waals surface area contributed by atoms with E-state index in [1.54, 1.807) is 22.7 Å². The number of benzene rings is 1. The number of thiophene rings is 2. The Bertz CT molecular complexity index is 687. The molecule has 0 aliphatic rings. The molecule has 6 heteroatoms. The quantitative estimate of drug-likeness (QED) is 0.565. The molecule has 0 aliphatic carbocycles. The summed E-state index contributed by atoms with van der Waals surface area (Å²) in [7, 11) is 0. The zero-order valence-corrected chi connectivity index (χ0v) is 12.0. The van der Waals surface area contributed by atoms with E-state index in [1.807, 2.05) is 5.38 Å². The van der Waals surface area contributed by atoms with Crippen LogP contribution < -0.4 is 11.3 Å². The van der Waals surface area contributed by atoms with Crippen LogP contribution in [0, 0.1) is 11.6 Å². The second kappa shape index (κ2) is 5.57. The van der Waals surface area contributed by atoms with Crippen molar-refractivity contribution in [2.24, 2.45) is 5.84 Å². The van der Waals surface area contributed by atoms with Crippen molar-refractivity contribution in [3.63, 3.8) is 0 Å². The van der Waals surface area contributed by atoms with E-state index < -0.39 is 11.6 Å². The summed E-state index contributed by atoms with van der Waals surface area (Å²) in [5.74, 6) is 4.46. The van der Waals surface area contributed by atoms with Crippen molar-refractivity contribution in [1.29, 1.82) is 0 Å². The number of halogens is 2. The first kappa shape index (κ1) is 13.6. The van der Waals surface area contributed by atoms with Gasteiger partial charge in [-0.3, -0.25) is 11.3 Å². The van der Waals surface area contributed by atoms with Gasteiger partial charge in [-0.15, -0.1) is 22.7 Å². The summed E-state index contributed by atoms with van der Waals surface area (Å²) in [4.78, 5) is 1.07. The number of rotatable bonds is 4. The molecule has 3 N–H and O–H groups in total. The fourth-order valence-electron chi connectivity index (χ4n) is 2.16. The second-order valence-corrected chi connectivity index (χ2v) is 6.56. The molecule has 1 unspecified atom stereocenters. The Labute approximate surface area is 122 Å². The molecule has 2 nitrogen and oxygen atoms in total. The normalized spacial score (nSPS) is 12.9. The first-order chi connectivity index (χ1) is 9.65. The van der Waals surface area contributed by atoms with Crippen LogP contribution in [0.4, 0.5) is 8.78 Å². The molecule has 0 saturated carbocycles. The van der Waals surface area contributed by atoms with Gasteiger partial charge in [-0.05, 0) is 41.6 Å². The lowest BCUT2D eigenvalue weighted by atomic mass is 10.0. The number of fused-ring (bicyclic) bond motifs is 1. The van der Waals surface area contributed by atoms with Crippen LogP contribution in [0.15, 0.2) is 35.7 Å². The van der Waals surface area contributed by atoms with E-state index in [2.05, 4.69) is 17.6 Å². The van der Waals surface area contributed by atoms with Gasteiger partial charge in [0.1, 0.15) is 11.6 Å². The topological polar surface area (TPSA) is 38.0 Å². The van der Waals surface area contributed by atoms with Crippen LogP contribution in [0.25, 0.3) is 9.40 Å². The molecule has 0 fully saturated rings. The maximum Gasteiger partial charge on any atom is 0.126 e. The Morgan fingerprint density at radius 2 is 1.85 bits per heavy atom. The Hall–Kier alpha value is -1.34. The molecule has 20 heavy (non-hydrogen) atoms. The number of nitrogens with two attached hydrogens (primary N) is 1. The molecule has 1 aromatic carbocycles. The standard InChI is InChI=1S/C14H12F2N2S2/c15-9-3-8(4-10(16)6-9)5-11(18-17)13-7-14-12(20-13)1-2-19-14/h1-4,6-7,11,18H,5,17H2. The Morgan fingerprint density at radius 1 is 1.10 bits per heavy atom. The van der Waals surface area contributed by atoms with E-state index in [-0.39, 0.29) is 6.04 Å². The predicted octanol–water partition coefficient (Wildman–Crippen LogP) is 3.99. The molecule has 0 amide bonds. The largest absolute Gasteiger partial charge is 0.271 e. The van der Waals surface area contributed by atoms with Crippen LogP contribution >= 0.6 is 22.7 Å². The third kappa shape index (κ3) is 2.73. The highest BCUT2D eigenvalue weighted by Crippen LogP contribution is 2.34. The van der Waals surface area contributed by atoms with Crippen LogP contribution in [0.5, 0.6) is 0 Å². The van der Waals surface area contributed by atoms with Crippen molar-refractivity contribution >= 4 is 32.1 Å². The van der Waals surface area contributed by atoms with Gasteiger partial charge >= 0.3 is 0 Å². The van der Waals surface area contributed by atoms with Crippen molar-refractivity contribution in [1.82, 2.24) is 5.43 Å². The molecule has 2 aromatic heterocycles. The number of hydrogen-bond donors (Lipinski definition) is 2. The number of hydrogen-bond acceptors (Lipinski definition) is 4. The molecule has 104 valence electrons. The van der Waals surface area contributed by atoms with Crippen LogP contribution in [-0.4, -0.2) is 0 Å². The minimum absolute atomic E-state index is 0.152. The zero-order valence-electron chi connectivity index (χ0n) is 10.4. The van der Waals surface area contributed by atoms with Gasteiger partial charge in [0.15, 0.2) is 0 Å². The molecule has 0 aliphatic heterocycles. The van der Waals surface area contributed by atoms with Gasteiger partial charge in [-0.1, -0.05) is 0 Å². The van der Waals surface area contributed by atoms with Crippen LogP contribution in [-0.2, 0) is 6.42 Å². The molecule has 3 rings (SSSR count). The number of nitrogens with one attached hydrogen (secondary N) is 1. The third-order valence-corrected chi connectivity index (χ3v) is 5.27. The summed E-state index contributed by atoms with van der Waals surface area (Å²) in [5.41, 5.74) is 3.31. The van der Waals surface area contributed by atoms with E-state index in [0.29, 0.717) is 12.0 Å². The van der Waals surface area contributed by atoms with Gasteiger partial charge in [-0.25, -0.2) is 8.78 Å². The summed E-state index contributed by atoms with van der Waals surface area (Å²) in [5, 5.41) is 2.04. The van der Waals surface area contributed by atoms with Crippen molar-refractivity contribution in [2.45, 2.75) is 12.5 Å². The summed E-state index contributed by atoms with van der Waals surface area (Å²) >= 11 is 3.31. The van der Waals surface area contributed by atoms with E-state index in [1.165, 1.54) is 21.5 Å². The van der Waals surface area contributed by atoms with E-state index in [4.69, 9.17) is 5.84 Å². The maximum atomic E-state index is 13.2. The second-order valence-electron chi connectivity index (χ2n) is 4.50. The minimum Gasteiger partial charge on any atom is -0.271 e. The fraction of sp³-hybridized carbons (Fsp3) is 0.143. The van der Waals surface area contributed by atoms with E-state index in [0.717, 1.165) is 10.9 Å². The Morgan fingerprint density at radius 3 is 2.50 bits per heavy atom. The number of hydrazine groups is 1. The molecule has 2 heterocycles. The van der Waals surface area contributed by atoms with Crippen LogP contribution in [0.1, 0.15) is 16.5 Å². The lowest BCUT2D eigenvalue weighted by molar-refractivity contribution is 0.546. The SMILES string of the molecule is NNC(Cc1cc(F)cc(F)c1)c1cc2sccc2s1. The van der Waals surface area contributed by atoms with E-state index in [9.17, 15) is 8.78 Å². The smallest absolute Gasteiger partial charge is 0.126 e. The highest BCUT2D eigenvalue weighted by molar-refractivity contribution is 7.26.